The van der Waals surface area contributed by atoms with Crippen LogP contribution in [-0.4, -0.2) is 93.5 Å². The Morgan fingerprint density at radius 3 is 2.46 bits per heavy atom. The molecule has 224 valence electrons. The van der Waals surface area contributed by atoms with Crippen molar-refractivity contribution in [3.8, 4) is 11.1 Å². The molecular weight excluding hydrogens is 545 g/mol. The van der Waals surface area contributed by atoms with Crippen LogP contribution in [0.15, 0.2) is 36.4 Å². The summed E-state index contributed by atoms with van der Waals surface area (Å²) >= 11 is 0. The van der Waals surface area contributed by atoms with E-state index in [9.17, 15) is 18.0 Å². The quantitative estimate of drug-likeness (QED) is 0.423. The molecule has 1 unspecified atom stereocenters. The van der Waals surface area contributed by atoms with Gasteiger partial charge >= 0.3 is 0 Å². The van der Waals surface area contributed by atoms with Crippen LogP contribution in [0.2, 0.25) is 0 Å². The summed E-state index contributed by atoms with van der Waals surface area (Å²) in [5.74, 6) is -0.959. The number of unbranched alkanes of at least 4 members (excludes halogenated alkanes) is 1. The first kappa shape index (κ1) is 31.1. The number of rotatable bonds is 10. The first-order valence-corrected chi connectivity index (χ1v) is 16.4. The first-order chi connectivity index (χ1) is 19.6. The van der Waals surface area contributed by atoms with Gasteiger partial charge in [-0.05, 0) is 94.0 Å². The lowest BCUT2D eigenvalue weighted by molar-refractivity contribution is 0.0573. The van der Waals surface area contributed by atoms with Gasteiger partial charge in [-0.2, -0.15) is 0 Å². The third-order valence-electron chi connectivity index (χ3n) is 7.99. The van der Waals surface area contributed by atoms with Crippen LogP contribution in [0.4, 0.5) is 4.39 Å². The van der Waals surface area contributed by atoms with Gasteiger partial charge in [-0.15, -0.1) is 0 Å². The number of carbonyl (C=O) groups is 2. The molecule has 0 bridgehead atoms. The van der Waals surface area contributed by atoms with Crippen molar-refractivity contribution in [2.75, 3.05) is 51.4 Å². The lowest BCUT2D eigenvalue weighted by atomic mass is 9.92. The number of amides is 2. The van der Waals surface area contributed by atoms with E-state index in [1.165, 1.54) is 17.0 Å². The van der Waals surface area contributed by atoms with Crippen molar-refractivity contribution in [1.82, 2.24) is 15.1 Å². The van der Waals surface area contributed by atoms with E-state index >= 15 is 4.39 Å². The van der Waals surface area contributed by atoms with Crippen molar-refractivity contribution >= 4 is 21.7 Å². The summed E-state index contributed by atoms with van der Waals surface area (Å²) in [7, 11) is -1.48. The molecule has 2 saturated heterocycles. The number of sulfone groups is 1. The van der Waals surface area contributed by atoms with E-state index in [-0.39, 0.29) is 48.5 Å². The zero-order valence-corrected chi connectivity index (χ0v) is 25.1. The Balaban J connectivity index is 1.66. The Morgan fingerprint density at radius 2 is 1.80 bits per heavy atom. The van der Waals surface area contributed by atoms with Gasteiger partial charge < -0.3 is 19.9 Å². The van der Waals surface area contributed by atoms with E-state index in [4.69, 9.17) is 4.74 Å². The molecule has 2 heterocycles. The van der Waals surface area contributed by atoms with Gasteiger partial charge in [0, 0.05) is 62.1 Å². The number of piperidine rings is 1. The minimum Gasteiger partial charge on any atom is -0.385 e. The average molecular weight is 588 g/mol. The summed E-state index contributed by atoms with van der Waals surface area (Å²) in [5.41, 5.74) is 2.64. The number of benzene rings is 2. The highest BCUT2D eigenvalue weighted by Gasteiger charge is 2.29. The Bertz CT molecular complexity index is 1330. The minimum absolute atomic E-state index is 0.0298. The third kappa shape index (κ3) is 7.72. The average Bonchev–Trinajstić information content (AvgIpc) is 2.96. The highest BCUT2D eigenvalue weighted by molar-refractivity contribution is 7.91. The molecule has 2 fully saturated rings. The molecule has 2 aromatic carbocycles. The zero-order chi connectivity index (χ0) is 29.6. The molecule has 2 aliphatic rings. The molecule has 0 radical (unpaired) electrons. The summed E-state index contributed by atoms with van der Waals surface area (Å²) in [4.78, 5) is 30.5. The lowest BCUT2D eigenvalue weighted by Crippen LogP contribution is -2.51. The molecule has 1 atom stereocenters. The van der Waals surface area contributed by atoms with E-state index < -0.39 is 15.7 Å². The zero-order valence-electron chi connectivity index (χ0n) is 24.3. The number of nitrogens with one attached hydrogen (secondary N) is 1. The molecule has 2 aliphatic heterocycles. The van der Waals surface area contributed by atoms with Crippen molar-refractivity contribution in [1.29, 1.82) is 0 Å². The largest absolute Gasteiger partial charge is 0.385 e. The van der Waals surface area contributed by atoms with Crippen LogP contribution in [0.3, 0.4) is 0 Å². The predicted octanol–water partition coefficient (Wildman–Crippen LogP) is 3.94. The van der Waals surface area contributed by atoms with Crippen molar-refractivity contribution < 1.29 is 27.1 Å². The monoisotopic (exact) mass is 587 g/mol. The Kier molecular flexibility index (Phi) is 10.5. The fourth-order valence-electron chi connectivity index (χ4n) is 5.76. The predicted molar refractivity (Wildman–Crippen MR) is 158 cm³/mol. The molecule has 4 rings (SSSR count). The molecule has 2 amide bonds. The maximum Gasteiger partial charge on any atom is 0.254 e. The number of halogens is 1. The molecule has 1 N–H and O–H groups in total. The molecule has 0 spiro atoms. The van der Waals surface area contributed by atoms with Gasteiger partial charge in [0.2, 0.25) is 0 Å². The van der Waals surface area contributed by atoms with Crippen molar-refractivity contribution in [3.63, 3.8) is 0 Å². The van der Waals surface area contributed by atoms with E-state index in [0.29, 0.717) is 35.3 Å². The minimum atomic E-state index is -3.14. The second-order valence-electron chi connectivity index (χ2n) is 11.3. The second-order valence-corrected chi connectivity index (χ2v) is 13.6. The molecule has 8 nitrogen and oxygen atoms in total. The summed E-state index contributed by atoms with van der Waals surface area (Å²) in [6.45, 7) is 6.64. The summed E-state index contributed by atoms with van der Waals surface area (Å²) in [6.07, 6.45) is 4.20. The van der Waals surface area contributed by atoms with E-state index in [2.05, 4.69) is 5.32 Å². The highest BCUT2D eigenvalue weighted by Crippen LogP contribution is 2.31. The van der Waals surface area contributed by atoms with Gasteiger partial charge in [0.25, 0.3) is 11.8 Å². The van der Waals surface area contributed by atoms with Crippen LogP contribution in [0.1, 0.15) is 65.8 Å². The maximum atomic E-state index is 15.3. The summed E-state index contributed by atoms with van der Waals surface area (Å²) in [6, 6.07) is 9.84. The van der Waals surface area contributed by atoms with Crippen LogP contribution in [0.25, 0.3) is 11.1 Å². The van der Waals surface area contributed by atoms with Crippen LogP contribution in [0.5, 0.6) is 0 Å². The van der Waals surface area contributed by atoms with Crippen molar-refractivity contribution in [2.24, 2.45) is 0 Å². The smallest absolute Gasteiger partial charge is 0.254 e. The fraction of sp³-hybridized carbons (Fsp3) is 0.548. The van der Waals surface area contributed by atoms with Crippen LogP contribution in [0, 0.1) is 5.82 Å². The number of hydrogen-bond donors (Lipinski definition) is 1. The van der Waals surface area contributed by atoms with Crippen molar-refractivity contribution in [3.05, 3.63) is 58.9 Å². The molecular formula is C31H42FN3O5S. The van der Waals surface area contributed by atoms with E-state index in [1.54, 1.807) is 25.3 Å². The summed E-state index contributed by atoms with van der Waals surface area (Å²) < 4.78 is 44.2. The number of aryl methyl sites for hydroxylation is 1. The first-order valence-electron chi connectivity index (χ1n) is 14.6. The van der Waals surface area contributed by atoms with Gasteiger partial charge in [0.1, 0.15) is 5.82 Å². The van der Waals surface area contributed by atoms with E-state index in [1.807, 2.05) is 24.8 Å². The van der Waals surface area contributed by atoms with Crippen LogP contribution < -0.4 is 5.32 Å². The standard InChI is InChI=1S/C31H42FN3O5S/c1-22(2)35(26-8-6-13-33-21-26)31(37)24-9-11-27(23(19-24)7-4-5-16-40-3)28-20-25(10-12-29(28)32)30(36)34-14-17-41(38,39)18-15-34/h9-12,19-20,22,26,33H,4-8,13-18,21H2,1-3H3. The van der Waals surface area contributed by atoms with Crippen molar-refractivity contribution in [2.45, 2.75) is 58.0 Å². The fourth-order valence-corrected chi connectivity index (χ4v) is 6.96. The Labute approximate surface area is 243 Å². The van der Waals surface area contributed by atoms with Crippen LogP contribution in [-0.2, 0) is 21.0 Å². The molecule has 0 aliphatic carbocycles. The van der Waals surface area contributed by atoms with Gasteiger partial charge in [-0.25, -0.2) is 12.8 Å². The van der Waals surface area contributed by atoms with Gasteiger partial charge in [0.05, 0.1) is 11.5 Å². The van der Waals surface area contributed by atoms with Gasteiger partial charge in [-0.1, -0.05) is 6.07 Å². The molecule has 2 aromatic rings. The Morgan fingerprint density at radius 1 is 1.07 bits per heavy atom. The topological polar surface area (TPSA) is 96.0 Å². The number of hydrogen-bond acceptors (Lipinski definition) is 6. The third-order valence-corrected chi connectivity index (χ3v) is 9.60. The number of nitrogens with zero attached hydrogens (tertiary/aromatic N) is 2. The molecule has 0 saturated carbocycles. The maximum absolute atomic E-state index is 15.3. The van der Waals surface area contributed by atoms with Gasteiger partial charge in [-0.3, -0.25) is 9.59 Å². The molecule has 10 heteroatoms. The second kappa shape index (κ2) is 13.9. The van der Waals surface area contributed by atoms with Crippen LogP contribution >= 0.6 is 0 Å². The van der Waals surface area contributed by atoms with Gasteiger partial charge in [0.15, 0.2) is 9.84 Å². The van der Waals surface area contributed by atoms with E-state index in [0.717, 1.165) is 44.3 Å². The molecule has 0 aromatic heterocycles. The summed E-state index contributed by atoms with van der Waals surface area (Å²) in [5, 5.41) is 3.40. The molecule has 41 heavy (non-hydrogen) atoms. The highest BCUT2D eigenvalue weighted by atomic mass is 32.2. The Hall–Kier alpha value is -2.82. The number of ether oxygens (including phenoxy) is 1. The number of carbonyl (C=O) groups excluding carboxylic acids is 2. The normalized spacial score (nSPS) is 18.9. The SMILES string of the molecule is COCCCCc1cc(C(=O)N(C(C)C)C2CCCNC2)ccc1-c1cc(C(=O)N2CCS(=O)(=O)CC2)ccc1F. The number of methoxy groups -OCH3 is 1. The lowest BCUT2D eigenvalue weighted by Gasteiger charge is -2.37.